The van der Waals surface area contributed by atoms with E-state index < -0.39 is 17.4 Å². The maximum absolute atomic E-state index is 11.5. The smallest absolute Gasteiger partial charge is 0.331 e. The molecule has 0 aromatic heterocycles. The minimum absolute atomic E-state index is 0.0933. The summed E-state index contributed by atoms with van der Waals surface area (Å²) in [5.74, 6) is -1.59. The lowest BCUT2D eigenvalue weighted by Gasteiger charge is -2.25. The molecule has 106 valence electrons. The lowest BCUT2D eigenvalue weighted by atomic mass is 10.0. The average molecular weight is 261 g/mol. The molecule has 0 spiro atoms. The molecule has 0 aliphatic rings. The van der Waals surface area contributed by atoms with E-state index in [2.05, 4.69) is 12.2 Å². The number of carboxylic acids is 1. The van der Waals surface area contributed by atoms with Gasteiger partial charge in [0.15, 0.2) is 5.54 Å². The summed E-state index contributed by atoms with van der Waals surface area (Å²) < 4.78 is 9.95. The van der Waals surface area contributed by atoms with Crippen molar-refractivity contribution in [3.63, 3.8) is 0 Å². The number of ether oxygens (including phenoxy) is 2. The molecule has 0 bridgehead atoms. The third-order valence-corrected chi connectivity index (χ3v) is 2.45. The molecule has 0 rings (SSSR count). The van der Waals surface area contributed by atoms with Gasteiger partial charge in [0.1, 0.15) is 6.61 Å². The van der Waals surface area contributed by atoms with Gasteiger partial charge in [0.2, 0.25) is 5.91 Å². The van der Waals surface area contributed by atoms with Gasteiger partial charge in [-0.1, -0.05) is 19.8 Å². The molecule has 0 heterocycles. The summed E-state index contributed by atoms with van der Waals surface area (Å²) in [5, 5.41) is 11.4. The van der Waals surface area contributed by atoms with Crippen LogP contribution in [0.1, 0.15) is 33.1 Å². The lowest BCUT2D eigenvalue weighted by Crippen LogP contribution is -2.56. The minimum atomic E-state index is -1.42. The molecule has 0 saturated heterocycles. The number of carbonyl (C=O) groups is 2. The predicted molar refractivity (Wildman–Crippen MR) is 66.4 cm³/mol. The Morgan fingerprint density at radius 2 is 2.00 bits per heavy atom. The third-order valence-electron chi connectivity index (χ3n) is 2.45. The molecule has 0 aliphatic carbocycles. The highest BCUT2D eigenvalue weighted by molar-refractivity contribution is 5.87. The van der Waals surface area contributed by atoms with E-state index in [1.165, 1.54) is 14.0 Å². The highest BCUT2D eigenvalue weighted by Gasteiger charge is 2.34. The molecule has 6 heteroatoms. The Morgan fingerprint density at radius 3 is 2.50 bits per heavy atom. The number of hydrogen-bond acceptors (Lipinski definition) is 4. The van der Waals surface area contributed by atoms with Crippen molar-refractivity contribution in [2.45, 2.75) is 38.6 Å². The van der Waals surface area contributed by atoms with E-state index in [9.17, 15) is 9.59 Å². The molecule has 18 heavy (non-hydrogen) atoms. The van der Waals surface area contributed by atoms with Crippen molar-refractivity contribution < 1.29 is 24.2 Å². The summed E-state index contributed by atoms with van der Waals surface area (Å²) in [6.07, 6.45) is 3.04. The number of methoxy groups -OCH3 is 1. The predicted octanol–water partition coefficient (Wildman–Crippen LogP) is 0.799. The van der Waals surface area contributed by atoms with Crippen molar-refractivity contribution >= 4 is 11.9 Å². The van der Waals surface area contributed by atoms with Crippen LogP contribution in [0.2, 0.25) is 0 Å². The first-order valence-electron chi connectivity index (χ1n) is 6.07. The van der Waals surface area contributed by atoms with E-state index in [-0.39, 0.29) is 13.2 Å². The molecule has 0 aromatic carbocycles. The summed E-state index contributed by atoms with van der Waals surface area (Å²) in [5.41, 5.74) is -1.42. The standard InChI is InChI=1S/C12H23NO5/c1-4-5-6-7-18-8-10(14)13-12(2,9-17-3)11(15)16/h4-9H2,1-3H3,(H,13,14)(H,15,16). The second kappa shape index (κ2) is 8.88. The normalized spacial score (nSPS) is 13.9. The molecule has 0 radical (unpaired) electrons. The molecule has 2 N–H and O–H groups in total. The van der Waals surface area contributed by atoms with Gasteiger partial charge in [0.25, 0.3) is 0 Å². The van der Waals surface area contributed by atoms with Crippen molar-refractivity contribution in [2.75, 3.05) is 26.9 Å². The van der Waals surface area contributed by atoms with Crippen LogP contribution in [0.25, 0.3) is 0 Å². The summed E-state index contributed by atoms with van der Waals surface area (Å²) in [7, 11) is 1.38. The zero-order chi connectivity index (χ0) is 14.0. The Hall–Kier alpha value is -1.14. The summed E-state index contributed by atoms with van der Waals surface area (Å²) in [6, 6.07) is 0. The topological polar surface area (TPSA) is 84.9 Å². The average Bonchev–Trinajstić information content (AvgIpc) is 2.28. The number of aliphatic carboxylic acids is 1. The number of rotatable bonds is 10. The number of hydrogen-bond donors (Lipinski definition) is 2. The number of unbranched alkanes of at least 4 members (excludes halogenated alkanes) is 2. The van der Waals surface area contributed by atoms with Crippen molar-refractivity contribution in [2.24, 2.45) is 0 Å². The molecule has 0 fully saturated rings. The van der Waals surface area contributed by atoms with E-state index in [0.717, 1.165) is 19.3 Å². The monoisotopic (exact) mass is 261 g/mol. The van der Waals surface area contributed by atoms with Gasteiger partial charge in [0.05, 0.1) is 6.61 Å². The van der Waals surface area contributed by atoms with Gasteiger partial charge in [-0.05, 0) is 13.3 Å². The van der Waals surface area contributed by atoms with Crippen LogP contribution in [0.15, 0.2) is 0 Å². The Morgan fingerprint density at radius 1 is 1.33 bits per heavy atom. The van der Waals surface area contributed by atoms with Crippen LogP contribution in [0.4, 0.5) is 0 Å². The number of carbonyl (C=O) groups excluding carboxylic acids is 1. The van der Waals surface area contributed by atoms with Crippen molar-refractivity contribution in [3.05, 3.63) is 0 Å². The Bertz CT molecular complexity index is 269. The van der Waals surface area contributed by atoms with Crippen LogP contribution in [0.3, 0.4) is 0 Å². The first-order chi connectivity index (χ1) is 8.46. The Labute approximate surface area is 108 Å². The van der Waals surface area contributed by atoms with Crippen molar-refractivity contribution in [1.82, 2.24) is 5.32 Å². The Kier molecular flexibility index (Phi) is 8.32. The van der Waals surface area contributed by atoms with Gasteiger partial charge in [-0.3, -0.25) is 4.79 Å². The largest absolute Gasteiger partial charge is 0.479 e. The third kappa shape index (κ3) is 6.56. The maximum Gasteiger partial charge on any atom is 0.331 e. The maximum atomic E-state index is 11.5. The van der Waals surface area contributed by atoms with E-state index in [1.807, 2.05) is 0 Å². The van der Waals surface area contributed by atoms with Crippen LogP contribution in [-0.4, -0.2) is 49.5 Å². The van der Waals surface area contributed by atoms with Gasteiger partial charge in [-0.25, -0.2) is 4.79 Å². The second-order valence-electron chi connectivity index (χ2n) is 4.38. The van der Waals surface area contributed by atoms with Crippen LogP contribution in [0, 0.1) is 0 Å². The molecular formula is C12H23NO5. The number of carboxylic acid groups (broad SMARTS) is 1. The number of nitrogens with one attached hydrogen (secondary N) is 1. The van der Waals surface area contributed by atoms with Crippen LogP contribution < -0.4 is 5.32 Å². The highest BCUT2D eigenvalue weighted by Crippen LogP contribution is 2.04. The molecule has 1 unspecified atom stereocenters. The fraction of sp³-hybridized carbons (Fsp3) is 0.833. The molecule has 1 amide bonds. The van der Waals surface area contributed by atoms with Gasteiger partial charge in [0, 0.05) is 13.7 Å². The number of amides is 1. The fourth-order valence-electron chi connectivity index (χ4n) is 1.40. The molecular weight excluding hydrogens is 238 g/mol. The van der Waals surface area contributed by atoms with E-state index >= 15 is 0 Å². The zero-order valence-electron chi connectivity index (χ0n) is 11.3. The highest BCUT2D eigenvalue weighted by atomic mass is 16.5. The molecule has 0 aromatic rings. The molecule has 0 aliphatic heterocycles. The SMILES string of the molecule is CCCCCOCC(=O)NC(C)(COC)C(=O)O. The molecule has 1 atom stereocenters. The van der Waals surface area contributed by atoms with Gasteiger partial charge in [-0.2, -0.15) is 0 Å². The minimum Gasteiger partial charge on any atom is -0.479 e. The van der Waals surface area contributed by atoms with E-state index in [4.69, 9.17) is 14.6 Å². The molecule has 0 saturated carbocycles. The quantitative estimate of drug-likeness (QED) is 0.568. The fourth-order valence-corrected chi connectivity index (χ4v) is 1.40. The van der Waals surface area contributed by atoms with Crippen LogP contribution >= 0.6 is 0 Å². The Balaban J connectivity index is 4.00. The van der Waals surface area contributed by atoms with Gasteiger partial charge < -0.3 is 19.9 Å². The first-order valence-corrected chi connectivity index (χ1v) is 6.07. The van der Waals surface area contributed by atoms with Gasteiger partial charge in [-0.15, -0.1) is 0 Å². The van der Waals surface area contributed by atoms with Crippen LogP contribution in [0.5, 0.6) is 0 Å². The van der Waals surface area contributed by atoms with E-state index in [0.29, 0.717) is 6.61 Å². The van der Waals surface area contributed by atoms with Crippen molar-refractivity contribution in [3.8, 4) is 0 Å². The second-order valence-corrected chi connectivity index (χ2v) is 4.38. The van der Waals surface area contributed by atoms with Crippen LogP contribution in [-0.2, 0) is 19.1 Å². The summed E-state index contributed by atoms with van der Waals surface area (Å²) in [4.78, 5) is 22.5. The zero-order valence-corrected chi connectivity index (χ0v) is 11.3. The molecule has 6 nitrogen and oxygen atoms in total. The first kappa shape index (κ1) is 16.9. The summed E-state index contributed by atoms with van der Waals surface area (Å²) >= 11 is 0. The van der Waals surface area contributed by atoms with Gasteiger partial charge >= 0.3 is 5.97 Å². The van der Waals surface area contributed by atoms with E-state index in [1.54, 1.807) is 0 Å². The summed E-state index contributed by atoms with van der Waals surface area (Å²) in [6.45, 7) is 3.76. The lowest BCUT2D eigenvalue weighted by molar-refractivity contribution is -0.150. The van der Waals surface area contributed by atoms with Crippen molar-refractivity contribution in [1.29, 1.82) is 0 Å².